The fraction of sp³-hybridized carbons (Fsp3) is 0.333. The molecule has 2 aromatic rings. The fourth-order valence-corrected chi connectivity index (χ4v) is 2.70. The van der Waals surface area contributed by atoms with Crippen LogP contribution in [0.4, 0.5) is 0 Å². The number of hydrogen-bond acceptors (Lipinski definition) is 2. The molecule has 2 rings (SSSR count). The van der Waals surface area contributed by atoms with E-state index in [-0.39, 0.29) is 12.6 Å². The molecule has 1 N–H and O–H groups in total. The van der Waals surface area contributed by atoms with Gasteiger partial charge in [0.25, 0.3) is 0 Å². The van der Waals surface area contributed by atoms with Gasteiger partial charge in [0.15, 0.2) is 0 Å². The van der Waals surface area contributed by atoms with E-state index in [1.165, 1.54) is 11.1 Å². The third-order valence-electron chi connectivity index (χ3n) is 3.81. The van der Waals surface area contributed by atoms with Crippen LogP contribution in [0.3, 0.4) is 0 Å². The molecule has 2 nitrogen and oxygen atoms in total. The number of nitrogens with zero attached hydrogens (tertiary/aromatic N) is 1. The Kier molecular flexibility index (Phi) is 7.39. The molecule has 1 unspecified atom stereocenters. The number of benzene rings is 2. The average molecular weight is 307 g/mol. The van der Waals surface area contributed by atoms with Crippen molar-refractivity contribution in [2.75, 3.05) is 6.61 Å². The van der Waals surface area contributed by atoms with Crippen molar-refractivity contribution in [3.63, 3.8) is 0 Å². The van der Waals surface area contributed by atoms with Crippen molar-refractivity contribution in [3.8, 4) is 11.8 Å². The first-order valence-electron chi connectivity index (χ1n) is 8.24. The number of hydrogen-bond donors (Lipinski definition) is 1. The van der Waals surface area contributed by atoms with Crippen LogP contribution in [0, 0.1) is 11.8 Å². The summed E-state index contributed by atoms with van der Waals surface area (Å²) in [4.78, 5) is 2.40. The normalized spacial score (nSPS) is 11.8. The predicted octanol–water partition coefficient (Wildman–Crippen LogP) is 3.85. The Morgan fingerprint density at radius 3 is 1.87 bits per heavy atom. The van der Waals surface area contributed by atoms with Crippen molar-refractivity contribution < 1.29 is 5.11 Å². The molecule has 0 aliphatic heterocycles. The molecular weight excluding hydrogens is 282 g/mol. The van der Waals surface area contributed by atoms with Crippen molar-refractivity contribution in [1.82, 2.24) is 4.90 Å². The minimum Gasteiger partial charge on any atom is -0.384 e. The second kappa shape index (κ2) is 9.84. The van der Waals surface area contributed by atoms with Crippen LogP contribution in [0.25, 0.3) is 0 Å². The molecule has 0 fully saturated rings. The first-order valence-corrected chi connectivity index (χ1v) is 8.24. The van der Waals surface area contributed by atoms with E-state index in [2.05, 4.69) is 72.2 Å². The van der Waals surface area contributed by atoms with Gasteiger partial charge in [0.1, 0.15) is 6.61 Å². The highest BCUT2D eigenvalue weighted by Gasteiger charge is 2.16. The minimum absolute atomic E-state index is 0.0786. The van der Waals surface area contributed by atoms with E-state index in [9.17, 15) is 0 Å². The largest absolute Gasteiger partial charge is 0.384 e. The molecule has 0 aliphatic carbocycles. The van der Waals surface area contributed by atoms with Gasteiger partial charge in [-0.05, 0) is 17.5 Å². The summed E-state index contributed by atoms with van der Waals surface area (Å²) in [5, 5.41) is 9.05. The van der Waals surface area contributed by atoms with Crippen LogP contribution >= 0.6 is 0 Å². The smallest absolute Gasteiger partial charge is 0.104 e. The van der Waals surface area contributed by atoms with Crippen molar-refractivity contribution >= 4 is 0 Å². The van der Waals surface area contributed by atoms with Crippen LogP contribution in [0.1, 0.15) is 30.9 Å². The summed E-state index contributed by atoms with van der Waals surface area (Å²) in [5.74, 6) is 6.09. The lowest BCUT2D eigenvalue weighted by Gasteiger charge is -2.28. The monoisotopic (exact) mass is 307 g/mol. The lowest BCUT2D eigenvalue weighted by Crippen LogP contribution is -2.33. The molecule has 2 heteroatoms. The zero-order chi connectivity index (χ0) is 16.3. The number of rotatable bonds is 7. The molecule has 0 radical (unpaired) electrons. The van der Waals surface area contributed by atoms with Gasteiger partial charge >= 0.3 is 0 Å². The van der Waals surface area contributed by atoms with Crippen LogP contribution in [0.2, 0.25) is 0 Å². The zero-order valence-electron chi connectivity index (χ0n) is 13.8. The maximum atomic E-state index is 9.05. The van der Waals surface area contributed by atoms with E-state index in [0.717, 1.165) is 25.9 Å². The predicted molar refractivity (Wildman–Crippen MR) is 95.7 cm³/mol. The Hall–Kier alpha value is -2.08. The van der Waals surface area contributed by atoms with Gasteiger partial charge in [-0.2, -0.15) is 0 Å². The van der Waals surface area contributed by atoms with Crippen molar-refractivity contribution in [2.45, 2.75) is 38.9 Å². The zero-order valence-corrected chi connectivity index (χ0v) is 13.8. The number of aliphatic hydroxyl groups is 1. The molecule has 0 amide bonds. The standard InChI is InChI=1S/C21H25NO/c1-2-10-21(15-9-16-23)22(17-19-11-5-3-6-12-19)18-20-13-7-4-8-14-20/h3-8,11-14,21,23H,2,10,16-18H2,1H3. The summed E-state index contributed by atoms with van der Waals surface area (Å²) >= 11 is 0. The maximum absolute atomic E-state index is 9.05. The van der Waals surface area contributed by atoms with Crippen LogP contribution < -0.4 is 0 Å². The van der Waals surface area contributed by atoms with Crippen molar-refractivity contribution in [1.29, 1.82) is 0 Å². The molecule has 2 aromatic carbocycles. The van der Waals surface area contributed by atoms with E-state index in [1.807, 2.05) is 12.1 Å². The lowest BCUT2D eigenvalue weighted by molar-refractivity contribution is 0.207. The second-order valence-corrected chi connectivity index (χ2v) is 5.66. The summed E-state index contributed by atoms with van der Waals surface area (Å²) in [6, 6.07) is 21.2. The first kappa shape index (κ1) is 17.3. The van der Waals surface area contributed by atoms with Crippen LogP contribution in [-0.2, 0) is 13.1 Å². The Morgan fingerprint density at radius 1 is 0.913 bits per heavy atom. The highest BCUT2D eigenvalue weighted by Crippen LogP contribution is 2.16. The number of aliphatic hydroxyl groups excluding tert-OH is 1. The van der Waals surface area contributed by atoms with Gasteiger partial charge in [-0.3, -0.25) is 4.90 Å². The Bertz CT molecular complexity index is 571. The molecule has 23 heavy (non-hydrogen) atoms. The van der Waals surface area contributed by atoms with Gasteiger partial charge in [0, 0.05) is 13.1 Å². The Balaban J connectivity index is 2.21. The van der Waals surface area contributed by atoms with E-state index in [1.54, 1.807) is 0 Å². The minimum atomic E-state index is -0.0786. The first-order chi connectivity index (χ1) is 11.3. The second-order valence-electron chi connectivity index (χ2n) is 5.66. The van der Waals surface area contributed by atoms with Gasteiger partial charge < -0.3 is 5.11 Å². The fourth-order valence-electron chi connectivity index (χ4n) is 2.70. The van der Waals surface area contributed by atoms with Crippen LogP contribution in [0.15, 0.2) is 60.7 Å². The van der Waals surface area contributed by atoms with Crippen molar-refractivity contribution in [2.24, 2.45) is 0 Å². The third-order valence-corrected chi connectivity index (χ3v) is 3.81. The average Bonchev–Trinajstić information content (AvgIpc) is 2.60. The summed E-state index contributed by atoms with van der Waals surface area (Å²) < 4.78 is 0. The van der Waals surface area contributed by atoms with Gasteiger partial charge in [-0.25, -0.2) is 0 Å². The van der Waals surface area contributed by atoms with E-state index < -0.39 is 0 Å². The molecule has 0 aliphatic rings. The summed E-state index contributed by atoms with van der Waals surface area (Å²) in [6.07, 6.45) is 2.08. The van der Waals surface area contributed by atoms with E-state index >= 15 is 0 Å². The maximum Gasteiger partial charge on any atom is 0.104 e. The van der Waals surface area contributed by atoms with Gasteiger partial charge in [0.05, 0.1) is 6.04 Å². The Morgan fingerprint density at radius 2 is 1.43 bits per heavy atom. The van der Waals surface area contributed by atoms with E-state index in [4.69, 9.17) is 5.11 Å². The summed E-state index contributed by atoms with van der Waals surface area (Å²) in [5.41, 5.74) is 2.57. The van der Waals surface area contributed by atoms with Crippen LogP contribution in [0.5, 0.6) is 0 Å². The molecule has 0 saturated heterocycles. The molecule has 0 heterocycles. The van der Waals surface area contributed by atoms with Gasteiger partial charge in [-0.15, -0.1) is 0 Å². The highest BCUT2D eigenvalue weighted by atomic mass is 16.2. The molecular formula is C21H25NO. The molecule has 120 valence electrons. The summed E-state index contributed by atoms with van der Waals surface area (Å²) in [6.45, 7) is 3.82. The SMILES string of the molecule is CCCC(C#CCO)N(Cc1ccccc1)Cc1ccccc1. The van der Waals surface area contributed by atoms with Gasteiger partial charge in [-0.1, -0.05) is 85.8 Å². The molecule has 0 bridgehead atoms. The third kappa shape index (κ3) is 5.90. The summed E-state index contributed by atoms with van der Waals surface area (Å²) in [7, 11) is 0. The molecule has 0 saturated carbocycles. The topological polar surface area (TPSA) is 23.5 Å². The van der Waals surface area contributed by atoms with Gasteiger partial charge in [0.2, 0.25) is 0 Å². The molecule has 0 aromatic heterocycles. The Labute approximate surface area is 139 Å². The highest BCUT2D eigenvalue weighted by molar-refractivity contribution is 5.19. The molecule has 1 atom stereocenters. The van der Waals surface area contributed by atoms with Crippen LogP contribution in [-0.4, -0.2) is 22.7 Å². The van der Waals surface area contributed by atoms with Crippen molar-refractivity contribution in [3.05, 3.63) is 71.8 Å². The quantitative estimate of drug-likeness (QED) is 0.785. The molecule has 0 spiro atoms. The lowest BCUT2D eigenvalue weighted by atomic mass is 10.1. The van der Waals surface area contributed by atoms with E-state index in [0.29, 0.717) is 0 Å².